The first-order chi connectivity index (χ1) is 35.8. The van der Waals surface area contributed by atoms with Crippen LogP contribution in [0, 0.1) is 17.7 Å². The molecule has 1 fully saturated rings. The van der Waals surface area contributed by atoms with Gasteiger partial charge in [0.05, 0.1) is 6.04 Å². The fourth-order valence-corrected chi connectivity index (χ4v) is 8.89. The molecule has 0 bridgehead atoms. The Kier molecular flexibility index (Phi) is 24.3. The number of ketones is 3. The summed E-state index contributed by atoms with van der Waals surface area (Å²) in [6.07, 6.45) is 0.815. The number of halogens is 1. The molecule has 408 valence electrons. The third-order valence-electron chi connectivity index (χ3n) is 12.9. The fraction of sp³-hybridized carbons (Fsp3) is 0.510. The number of para-hydroxylation sites is 1. The van der Waals surface area contributed by atoms with Crippen LogP contribution in [0.3, 0.4) is 0 Å². The molecule has 0 radical (unpaired) electrons. The quantitative estimate of drug-likeness (QED) is 0.0437. The van der Waals surface area contributed by atoms with Gasteiger partial charge in [-0.1, -0.05) is 42.8 Å². The van der Waals surface area contributed by atoms with Gasteiger partial charge in [0.25, 0.3) is 0 Å². The van der Waals surface area contributed by atoms with Crippen molar-refractivity contribution in [3.05, 3.63) is 71.7 Å². The number of rotatable bonds is 18. The molecule has 1 aromatic heterocycles. The van der Waals surface area contributed by atoms with Crippen LogP contribution in [0.25, 0.3) is 10.9 Å². The SMILES string of the molecule is CC(=O)N[C@@H](CCCN=C(N)N)C(=O)N[C@H]1CCC(=O)CCCC[C@@H](C(N)=O)NC(=O)[C@H](Cc2c[nH]c3ccccc23)CC(=O)[C@H](CCCN=C(N)N)CC(=O)[C@@H](Cc2ccccc2F)NC(=O)[C@H](CCN)NC1=O. The summed E-state index contributed by atoms with van der Waals surface area (Å²) in [4.78, 5) is 136. The maximum absolute atomic E-state index is 15.3. The van der Waals surface area contributed by atoms with Crippen molar-refractivity contribution in [2.24, 2.45) is 56.2 Å². The van der Waals surface area contributed by atoms with E-state index < -0.39 is 108 Å². The monoisotopic (exact) mass is 1040 g/mol. The van der Waals surface area contributed by atoms with Crippen LogP contribution in [0.1, 0.15) is 102 Å². The van der Waals surface area contributed by atoms with Gasteiger partial charge in [0, 0.05) is 81.1 Å². The minimum absolute atomic E-state index is 0.0289. The summed E-state index contributed by atoms with van der Waals surface area (Å²) in [5, 5.41) is 13.9. The van der Waals surface area contributed by atoms with Crippen molar-refractivity contribution in [1.82, 2.24) is 31.6 Å². The number of guanidine groups is 2. The van der Waals surface area contributed by atoms with Crippen LogP contribution in [-0.4, -0.2) is 120 Å². The molecule has 7 atom stereocenters. The Balaban J connectivity index is 1.77. The van der Waals surface area contributed by atoms with Gasteiger partial charge in [0.1, 0.15) is 41.6 Å². The van der Waals surface area contributed by atoms with E-state index in [1.54, 1.807) is 6.20 Å². The second-order valence-electron chi connectivity index (χ2n) is 18.8. The average Bonchev–Trinajstić information content (AvgIpc) is 3.77. The summed E-state index contributed by atoms with van der Waals surface area (Å²) in [5.74, 6) is -9.44. The molecular formula is C51H73FN14O9. The number of H-pyrrole nitrogens is 1. The first kappa shape index (κ1) is 59.8. The van der Waals surface area contributed by atoms with Gasteiger partial charge in [-0.2, -0.15) is 0 Å². The number of hydrogen-bond donors (Lipinski definition) is 12. The van der Waals surface area contributed by atoms with E-state index in [1.165, 1.54) is 31.2 Å². The van der Waals surface area contributed by atoms with Crippen LogP contribution in [0.2, 0.25) is 0 Å². The number of aromatic nitrogens is 1. The highest BCUT2D eigenvalue weighted by Crippen LogP contribution is 2.26. The van der Waals surface area contributed by atoms with E-state index in [2.05, 4.69) is 41.6 Å². The number of carbonyl (C=O) groups is 9. The highest BCUT2D eigenvalue weighted by atomic mass is 19.1. The number of Topliss-reactive ketones (excluding diaryl/α,β-unsaturated/α-hetero) is 3. The molecule has 3 aromatic rings. The van der Waals surface area contributed by atoms with Crippen molar-refractivity contribution in [1.29, 1.82) is 0 Å². The van der Waals surface area contributed by atoms with Crippen LogP contribution >= 0.6 is 0 Å². The van der Waals surface area contributed by atoms with Gasteiger partial charge in [-0.25, -0.2) is 4.39 Å². The number of hydrogen-bond acceptors (Lipinski definition) is 12. The number of fused-ring (bicyclic) bond motifs is 1. The van der Waals surface area contributed by atoms with Crippen molar-refractivity contribution >= 4 is 75.6 Å². The Hall–Kier alpha value is -7.76. The Morgan fingerprint density at radius 3 is 2.07 bits per heavy atom. The molecule has 2 aromatic carbocycles. The molecule has 75 heavy (non-hydrogen) atoms. The number of nitrogens with two attached hydrogens (primary N) is 6. The Bertz CT molecular complexity index is 2540. The summed E-state index contributed by atoms with van der Waals surface area (Å²) < 4.78 is 15.3. The average molecular weight is 1050 g/mol. The van der Waals surface area contributed by atoms with Crippen LogP contribution in [0.5, 0.6) is 0 Å². The lowest BCUT2D eigenvalue weighted by molar-refractivity contribution is -0.135. The van der Waals surface area contributed by atoms with Gasteiger partial charge in [-0.15, -0.1) is 0 Å². The highest BCUT2D eigenvalue weighted by Gasteiger charge is 2.35. The van der Waals surface area contributed by atoms with E-state index in [1.807, 2.05) is 24.3 Å². The lowest BCUT2D eigenvalue weighted by atomic mass is 9.83. The molecule has 4 rings (SSSR count). The second kappa shape index (κ2) is 30.4. The molecule has 1 aliphatic heterocycles. The Morgan fingerprint density at radius 1 is 0.720 bits per heavy atom. The van der Waals surface area contributed by atoms with Crippen LogP contribution in [0.15, 0.2) is 64.7 Å². The van der Waals surface area contributed by atoms with E-state index in [-0.39, 0.29) is 126 Å². The first-order valence-electron chi connectivity index (χ1n) is 25.2. The number of aliphatic imine (C=N–C) groups is 2. The van der Waals surface area contributed by atoms with Crippen molar-refractivity contribution in [3.63, 3.8) is 0 Å². The van der Waals surface area contributed by atoms with Crippen LogP contribution < -0.4 is 61.0 Å². The lowest BCUT2D eigenvalue weighted by Gasteiger charge is -2.27. The van der Waals surface area contributed by atoms with Crippen molar-refractivity contribution in [2.45, 2.75) is 133 Å². The predicted octanol–water partition coefficient (Wildman–Crippen LogP) is -0.448. The van der Waals surface area contributed by atoms with Gasteiger partial charge in [0.15, 0.2) is 17.7 Å². The zero-order chi connectivity index (χ0) is 55.0. The Labute approximate surface area is 434 Å². The largest absolute Gasteiger partial charge is 0.370 e. The summed E-state index contributed by atoms with van der Waals surface area (Å²) in [6.45, 7) is 1.24. The summed E-state index contributed by atoms with van der Waals surface area (Å²) in [7, 11) is 0. The molecule has 1 saturated heterocycles. The van der Waals surface area contributed by atoms with Crippen LogP contribution in [0.4, 0.5) is 4.39 Å². The minimum atomic E-state index is -1.49. The molecule has 0 spiro atoms. The van der Waals surface area contributed by atoms with Crippen molar-refractivity contribution in [2.75, 3.05) is 19.6 Å². The number of benzene rings is 2. The van der Waals surface area contributed by atoms with E-state index in [9.17, 15) is 43.2 Å². The molecule has 0 unspecified atom stereocenters. The smallest absolute Gasteiger partial charge is 0.243 e. The molecule has 2 heterocycles. The third kappa shape index (κ3) is 20.2. The van der Waals surface area contributed by atoms with E-state index in [4.69, 9.17) is 34.4 Å². The molecular weight excluding hydrogens is 972 g/mol. The molecule has 6 amide bonds. The summed E-state index contributed by atoms with van der Waals surface area (Å²) in [6, 6.07) is 6.17. The molecule has 1 aliphatic rings. The van der Waals surface area contributed by atoms with Crippen molar-refractivity contribution < 1.29 is 47.5 Å². The minimum Gasteiger partial charge on any atom is -0.370 e. The maximum atomic E-state index is 15.3. The Morgan fingerprint density at radius 2 is 1.39 bits per heavy atom. The number of nitrogens with zero attached hydrogens (tertiary/aromatic N) is 2. The number of nitrogens with one attached hydrogen (secondary N) is 6. The van der Waals surface area contributed by atoms with Crippen molar-refractivity contribution in [3.8, 4) is 0 Å². The first-order valence-corrected chi connectivity index (χ1v) is 25.2. The van der Waals surface area contributed by atoms with E-state index in [0.717, 1.165) is 10.9 Å². The second-order valence-corrected chi connectivity index (χ2v) is 18.8. The summed E-state index contributed by atoms with van der Waals surface area (Å²) >= 11 is 0. The maximum Gasteiger partial charge on any atom is 0.243 e. The topological polar surface area (TPSA) is 410 Å². The summed E-state index contributed by atoms with van der Waals surface area (Å²) in [5.41, 5.74) is 35.3. The normalized spacial score (nSPS) is 21.4. The van der Waals surface area contributed by atoms with Gasteiger partial charge in [-0.05, 0) is 87.6 Å². The molecule has 18 N–H and O–H groups in total. The predicted molar refractivity (Wildman–Crippen MR) is 279 cm³/mol. The fourth-order valence-electron chi connectivity index (χ4n) is 8.89. The van der Waals surface area contributed by atoms with Gasteiger partial charge >= 0.3 is 0 Å². The van der Waals surface area contributed by atoms with Gasteiger partial charge in [-0.3, -0.25) is 53.1 Å². The van der Waals surface area contributed by atoms with E-state index in [0.29, 0.717) is 5.56 Å². The molecule has 23 nitrogen and oxygen atoms in total. The zero-order valence-corrected chi connectivity index (χ0v) is 42.4. The van der Waals surface area contributed by atoms with Gasteiger partial charge in [0.2, 0.25) is 35.4 Å². The third-order valence-corrected chi connectivity index (χ3v) is 12.9. The zero-order valence-electron chi connectivity index (χ0n) is 42.4. The molecule has 0 aliphatic carbocycles. The van der Waals surface area contributed by atoms with Crippen LogP contribution in [-0.2, 0) is 56.0 Å². The molecule has 0 saturated carbocycles. The molecule has 24 heteroatoms. The number of carbonyl (C=O) groups excluding carboxylic acids is 9. The van der Waals surface area contributed by atoms with Gasteiger partial charge < -0.3 is 66.0 Å². The number of aromatic amines is 1. The standard InChI is InChI=1S/C51H73FN14O9/c1-29(67)62-39(17-9-23-60-51(57)58)47(73)64-40-19-18-34(68)12-3-6-16-38(45(54)71)63-46(72)32(24-33-28-61-37-15-7-4-13-35(33)37)27-43(69)31(11-8-22-59-50(55)56)26-44(70)42(25-30-10-2-5-14-36(30)52)66-49(75)41(20-21-53)65-48(40)74/h2,4-5,7,10,13-15,28,31-32,38-42,61H,3,6,8-9,11-12,16-27,53H2,1H3,(H2,54,71)(H,62,67)(H,63,72)(H,64,73)(H,65,74)(H,66,75)(H4,55,56,59)(H4,57,58,60)/t31-,32-,38+,39+,40+,41+,42-/m1/s1. The number of amides is 6. The lowest BCUT2D eigenvalue weighted by Crippen LogP contribution is -2.58. The van der Waals surface area contributed by atoms with E-state index >= 15 is 4.39 Å². The number of primary amides is 1. The highest BCUT2D eigenvalue weighted by molar-refractivity contribution is 5.98.